The number of carbonyl (C=O) groups excluding carboxylic acids is 2. The number of amides is 2. The lowest BCUT2D eigenvalue weighted by Crippen LogP contribution is -2.27. The molecule has 1 fully saturated rings. The second-order valence-corrected chi connectivity index (χ2v) is 8.45. The van der Waals surface area contributed by atoms with Crippen LogP contribution in [-0.2, 0) is 11.3 Å². The van der Waals surface area contributed by atoms with E-state index in [2.05, 4.69) is 15.9 Å². The zero-order valence-electron chi connectivity index (χ0n) is 16.2. The van der Waals surface area contributed by atoms with Gasteiger partial charge in [-0.25, -0.2) is 4.39 Å². The van der Waals surface area contributed by atoms with Gasteiger partial charge in [0.1, 0.15) is 5.82 Å². The molecule has 0 spiro atoms. The van der Waals surface area contributed by atoms with Gasteiger partial charge in [-0.2, -0.15) is 0 Å². The van der Waals surface area contributed by atoms with E-state index in [0.717, 1.165) is 22.7 Å². The van der Waals surface area contributed by atoms with E-state index in [1.165, 1.54) is 12.1 Å². The van der Waals surface area contributed by atoms with Gasteiger partial charge in [0.15, 0.2) is 11.5 Å². The number of halogens is 3. The van der Waals surface area contributed by atoms with Crippen molar-refractivity contribution in [3.8, 4) is 11.5 Å². The van der Waals surface area contributed by atoms with E-state index < -0.39 is 17.0 Å². The van der Waals surface area contributed by atoms with Gasteiger partial charge < -0.3 is 9.47 Å². The van der Waals surface area contributed by atoms with Gasteiger partial charge in [-0.1, -0.05) is 17.7 Å². The van der Waals surface area contributed by atoms with Crippen molar-refractivity contribution in [3.05, 3.63) is 61.7 Å². The lowest BCUT2D eigenvalue weighted by Gasteiger charge is -2.14. The van der Waals surface area contributed by atoms with Crippen LogP contribution in [0.25, 0.3) is 6.08 Å². The average molecular weight is 515 g/mol. The molecular weight excluding hydrogens is 497 g/mol. The van der Waals surface area contributed by atoms with Crippen LogP contribution in [0.3, 0.4) is 0 Å². The van der Waals surface area contributed by atoms with Crippen LogP contribution < -0.4 is 9.47 Å². The van der Waals surface area contributed by atoms with Crippen molar-refractivity contribution in [2.75, 3.05) is 13.2 Å². The first-order valence-electron chi connectivity index (χ1n) is 9.12. The predicted octanol–water partition coefficient (Wildman–Crippen LogP) is 6.28. The highest BCUT2D eigenvalue weighted by Gasteiger charge is 2.35. The van der Waals surface area contributed by atoms with E-state index in [9.17, 15) is 14.0 Å². The first-order chi connectivity index (χ1) is 14.3. The summed E-state index contributed by atoms with van der Waals surface area (Å²) in [5.74, 6) is 0.199. The third-order valence-corrected chi connectivity index (χ3v) is 5.98. The molecule has 158 valence electrons. The van der Waals surface area contributed by atoms with E-state index in [-0.39, 0.29) is 16.5 Å². The molecule has 0 aliphatic carbocycles. The Labute approximate surface area is 191 Å². The number of imide groups is 1. The molecule has 0 aromatic heterocycles. The van der Waals surface area contributed by atoms with E-state index in [0.29, 0.717) is 40.3 Å². The fourth-order valence-corrected chi connectivity index (χ4v) is 4.47. The summed E-state index contributed by atoms with van der Waals surface area (Å²) in [4.78, 5) is 26.6. The summed E-state index contributed by atoms with van der Waals surface area (Å²) >= 11 is 10.3. The van der Waals surface area contributed by atoms with Crippen LogP contribution in [0.5, 0.6) is 11.5 Å². The number of ether oxygens (including phenoxy) is 2. The Bertz CT molecular complexity index is 1030. The van der Waals surface area contributed by atoms with Crippen LogP contribution >= 0.6 is 39.3 Å². The number of benzene rings is 2. The van der Waals surface area contributed by atoms with Crippen molar-refractivity contribution >= 4 is 56.5 Å². The summed E-state index contributed by atoms with van der Waals surface area (Å²) in [6.07, 6.45) is 1.63. The lowest BCUT2D eigenvalue weighted by atomic mass is 10.1. The highest BCUT2D eigenvalue weighted by molar-refractivity contribution is 9.10. The van der Waals surface area contributed by atoms with Crippen molar-refractivity contribution in [2.45, 2.75) is 20.4 Å². The van der Waals surface area contributed by atoms with E-state index >= 15 is 0 Å². The van der Waals surface area contributed by atoms with Gasteiger partial charge in [0.2, 0.25) is 0 Å². The first kappa shape index (κ1) is 22.7. The van der Waals surface area contributed by atoms with Gasteiger partial charge in [-0.15, -0.1) is 0 Å². The van der Waals surface area contributed by atoms with Crippen LogP contribution in [0.4, 0.5) is 9.18 Å². The second kappa shape index (κ2) is 9.85. The fourth-order valence-electron chi connectivity index (χ4n) is 2.83. The number of rotatable bonds is 7. The first-order valence-corrected chi connectivity index (χ1v) is 11.1. The number of nitrogens with zero attached hydrogens (tertiary/aromatic N) is 1. The summed E-state index contributed by atoms with van der Waals surface area (Å²) in [5.41, 5.74) is 1.17. The molecule has 2 amide bonds. The molecule has 30 heavy (non-hydrogen) atoms. The monoisotopic (exact) mass is 513 g/mol. The standard InChI is InChI=1S/C21H18BrClFNO4S/c1-3-28-17-8-12(7-15(22)19(17)29-4-2)9-18-20(26)25(21(27)30-18)11-13-5-6-14(24)10-16(13)23/h5-10H,3-4,11H2,1-2H3/b18-9-. The third kappa shape index (κ3) is 4.99. The minimum Gasteiger partial charge on any atom is -0.490 e. The zero-order chi connectivity index (χ0) is 21.8. The van der Waals surface area contributed by atoms with Gasteiger partial charge in [0, 0.05) is 5.02 Å². The molecule has 3 rings (SSSR count). The number of carbonyl (C=O) groups is 2. The van der Waals surface area contributed by atoms with Crippen molar-refractivity contribution < 1.29 is 23.5 Å². The molecule has 0 radical (unpaired) electrons. The minimum absolute atomic E-state index is 0.0295. The molecule has 5 nitrogen and oxygen atoms in total. The molecule has 2 aromatic rings. The van der Waals surface area contributed by atoms with E-state index in [4.69, 9.17) is 21.1 Å². The normalized spacial score (nSPS) is 15.2. The smallest absolute Gasteiger partial charge is 0.293 e. The number of hydrogen-bond donors (Lipinski definition) is 0. The minimum atomic E-state index is -0.482. The Morgan fingerprint density at radius 2 is 1.90 bits per heavy atom. The van der Waals surface area contributed by atoms with Crippen molar-refractivity contribution in [3.63, 3.8) is 0 Å². The number of hydrogen-bond acceptors (Lipinski definition) is 5. The Morgan fingerprint density at radius 3 is 2.57 bits per heavy atom. The molecule has 1 aliphatic rings. The van der Waals surface area contributed by atoms with Crippen LogP contribution in [0.15, 0.2) is 39.7 Å². The van der Waals surface area contributed by atoms with Gasteiger partial charge in [-0.3, -0.25) is 14.5 Å². The van der Waals surface area contributed by atoms with Crippen LogP contribution in [0.2, 0.25) is 5.02 Å². The molecule has 0 bridgehead atoms. The highest BCUT2D eigenvalue weighted by Crippen LogP contribution is 2.39. The van der Waals surface area contributed by atoms with Crippen molar-refractivity contribution in [1.82, 2.24) is 4.90 Å². The van der Waals surface area contributed by atoms with Gasteiger partial charge in [0.05, 0.1) is 29.1 Å². The molecule has 1 aliphatic heterocycles. The van der Waals surface area contributed by atoms with Crippen molar-refractivity contribution in [2.24, 2.45) is 0 Å². The largest absolute Gasteiger partial charge is 0.490 e. The Balaban J connectivity index is 1.88. The van der Waals surface area contributed by atoms with Crippen LogP contribution in [0, 0.1) is 5.82 Å². The molecule has 0 atom stereocenters. The van der Waals surface area contributed by atoms with E-state index in [1.54, 1.807) is 18.2 Å². The third-order valence-electron chi connectivity index (χ3n) is 4.14. The quantitative estimate of drug-likeness (QED) is 0.407. The van der Waals surface area contributed by atoms with Gasteiger partial charge in [-0.05, 0) is 83.0 Å². The SMILES string of the molecule is CCOc1cc(/C=C2\SC(=O)N(Cc3ccc(F)cc3Cl)C2=O)cc(Br)c1OCC. The highest BCUT2D eigenvalue weighted by atomic mass is 79.9. The molecule has 9 heteroatoms. The maximum atomic E-state index is 13.2. The summed E-state index contributed by atoms with van der Waals surface area (Å²) in [7, 11) is 0. The summed E-state index contributed by atoms with van der Waals surface area (Å²) in [6.45, 7) is 4.63. The van der Waals surface area contributed by atoms with E-state index in [1.807, 2.05) is 13.8 Å². The topological polar surface area (TPSA) is 55.8 Å². The van der Waals surface area contributed by atoms with Crippen LogP contribution in [0.1, 0.15) is 25.0 Å². The molecule has 1 saturated heterocycles. The van der Waals surface area contributed by atoms with Crippen molar-refractivity contribution in [1.29, 1.82) is 0 Å². The Hall–Kier alpha value is -2.03. The zero-order valence-corrected chi connectivity index (χ0v) is 19.4. The fraction of sp³-hybridized carbons (Fsp3) is 0.238. The summed E-state index contributed by atoms with van der Waals surface area (Å²) in [6, 6.07) is 7.40. The Morgan fingerprint density at radius 1 is 1.17 bits per heavy atom. The molecule has 2 aromatic carbocycles. The molecule has 0 unspecified atom stereocenters. The maximum absolute atomic E-state index is 13.2. The van der Waals surface area contributed by atoms with Crippen LogP contribution in [-0.4, -0.2) is 29.3 Å². The molecule has 0 saturated carbocycles. The number of thioether (sulfide) groups is 1. The Kier molecular flexibility index (Phi) is 7.44. The summed E-state index contributed by atoms with van der Waals surface area (Å²) < 4.78 is 25.2. The lowest BCUT2D eigenvalue weighted by molar-refractivity contribution is -0.123. The predicted molar refractivity (Wildman–Crippen MR) is 119 cm³/mol. The molecule has 1 heterocycles. The van der Waals surface area contributed by atoms with Gasteiger partial charge >= 0.3 is 0 Å². The molecular formula is C21H18BrClFNO4S. The average Bonchev–Trinajstić information content (AvgIpc) is 2.94. The summed E-state index contributed by atoms with van der Waals surface area (Å²) in [5, 5.41) is -0.253. The maximum Gasteiger partial charge on any atom is 0.293 e. The molecule has 0 N–H and O–H groups in total. The van der Waals surface area contributed by atoms with Gasteiger partial charge in [0.25, 0.3) is 11.1 Å². The second-order valence-electron chi connectivity index (χ2n) is 6.20.